The number of rotatable bonds is 4. The van der Waals surface area contributed by atoms with Crippen molar-refractivity contribution >= 4 is 12.0 Å². The van der Waals surface area contributed by atoms with Gasteiger partial charge in [0, 0.05) is 6.04 Å². The van der Waals surface area contributed by atoms with E-state index in [0.717, 1.165) is 17.7 Å². The number of hydrogen-bond donors (Lipinski definition) is 2. The first-order valence-corrected chi connectivity index (χ1v) is 4.34. The average molecular weight is 196 g/mol. The predicted octanol–water partition coefficient (Wildman–Crippen LogP) is -0.122. The number of aliphatic carboxylic acids is 1. The molecule has 2 N–H and O–H groups in total. The lowest BCUT2D eigenvalue weighted by atomic mass is 10.5. The second-order valence-electron chi connectivity index (χ2n) is 3.18. The van der Waals surface area contributed by atoms with Crippen molar-refractivity contribution in [2.75, 3.05) is 13.1 Å². The first-order chi connectivity index (χ1) is 6.63. The van der Waals surface area contributed by atoms with E-state index in [0.29, 0.717) is 0 Å². The van der Waals surface area contributed by atoms with Crippen LogP contribution in [-0.2, 0) is 4.79 Å². The molecule has 0 heterocycles. The van der Waals surface area contributed by atoms with Gasteiger partial charge in [-0.1, -0.05) is 5.92 Å². The highest BCUT2D eigenvalue weighted by Crippen LogP contribution is 2.18. The van der Waals surface area contributed by atoms with Crippen molar-refractivity contribution in [2.45, 2.75) is 18.9 Å². The molecule has 76 valence electrons. The number of carbonyl (C=O) groups is 2. The van der Waals surface area contributed by atoms with Gasteiger partial charge in [0.25, 0.3) is 0 Å². The van der Waals surface area contributed by atoms with Crippen molar-refractivity contribution in [3.8, 4) is 12.3 Å². The molecule has 0 unspecified atom stereocenters. The van der Waals surface area contributed by atoms with Crippen LogP contribution >= 0.6 is 0 Å². The molecule has 0 aromatic heterocycles. The summed E-state index contributed by atoms with van der Waals surface area (Å²) >= 11 is 0. The molecule has 0 aromatic rings. The zero-order chi connectivity index (χ0) is 10.6. The zero-order valence-corrected chi connectivity index (χ0v) is 7.69. The molecule has 0 saturated heterocycles. The molecule has 0 aromatic carbocycles. The third-order valence-corrected chi connectivity index (χ3v) is 1.80. The van der Waals surface area contributed by atoms with E-state index in [9.17, 15) is 9.59 Å². The maximum atomic E-state index is 11.4. The number of nitrogens with one attached hydrogen (secondary N) is 1. The van der Waals surface area contributed by atoms with Crippen LogP contribution in [0.15, 0.2) is 0 Å². The van der Waals surface area contributed by atoms with E-state index in [-0.39, 0.29) is 19.1 Å². The molecule has 1 fully saturated rings. The van der Waals surface area contributed by atoms with Crippen LogP contribution in [0.5, 0.6) is 0 Å². The van der Waals surface area contributed by atoms with Crippen molar-refractivity contribution in [3.05, 3.63) is 0 Å². The maximum Gasteiger partial charge on any atom is 0.323 e. The normalized spacial score (nSPS) is 14.2. The molecule has 1 rings (SSSR count). The van der Waals surface area contributed by atoms with Crippen LogP contribution in [0.1, 0.15) is 12.8 Å². The minimum absolute atomic E-state index is 0.0187. The summed E-state index contributed by atoms with van der Waals surface area (Å²) in [6.45, 7) is -0.340. The van der Waals surface area contributed by atoms with Gasteiger partial charge in [-0.3, -0.25) is 4.79 Å². The molecule has 14 heavy (non-hydrogen) atoms. The van der Waals surface area contributed by atoms with Gasteiger partial charge in [0.1, 0.15) is 6.54 Å². The molecule has 0 aliphatic heterocycles. The molecule has 1 aliphatic carbocycles. The van der Waals surface area contributed by atoms with Crippen LogP contribution in [-0.4, -0.2) is 41.1 Å². The predicted molar refractivity (Wildman–Crippen MR) is 49.6 cm³/mol. The van der Waals surface area contributed by atoms with Crippen LogP contribution in [0, 0.1) is 12.3 Å². The number of nitrogens with zero attached hydrogens (tertiary/aromatic N) is 1. The topological polar surface area (TPSA) is 69.6 Å². The van der Waals surface area contributed by atoms with E-state index in [1.165, 1.54) is 0 Å². The molecule has 1 saturated carbocycles. The lowest BCUT2D eigenvalue weighted by molar-refractivity contribution is -0.137. The van der Waals surface area contributed by atoms with Crippen molar-refractivity contribution in [2.24, 2.45) is 0 Å². The first kappa shape index (κ1) is 10.4. The first-order valence-electron chi connectivity index (χ1n) is 4.34. The SMILES string of the molecule is C#CCN(CC(=O)O)C(=O)NC1CC1. The lowest BCUT2D eigenvalue weighted by Crippen LogP contribution is -2.43. The third-order valence-electron chi connectivity index (χ3n) is 1.80. The summed E-state index contributed by atoms with van der Waals surface area (Å²) in [5, 5.41) is 11.2. The second kappa shape index (κ2) is 4.51. The Balaban J connectivity index is 2.42. The van der Waals surface area contributed by atoms with Crippen molar-refractivity contribution in [1.29, 1.82) is 0 Å². The van der Waals surface area contributed by atoms with E-state index in [2.05, 4.69) is 11.2 Å². The van der Waals surface area contributed by atoms with Gasteiger partial charge in [-0.15, -0.1) is 6.42 Å². The number of terminal acetylenes is 1. The number of hydrogen-bond acceptors (Lipinski definition) is 2. The molecule has 0 atom stereocenters. The van der Waals surface area contributed by atoms with Crippen LogP contribution in [0.3, 0.4) is 0 Å². The zero-order valence-electron chi connectivity index (χ0n) is 7.69. The van der Waals surface area contributed by atoms with Crippen LogP contribution in [0.2, 0.25) is 0 Å². The molecule has 0 bridgehead atoms. The van der Waals surface area contributed by atoms with Gasteiger partial charge in [-0.25, -0.2) is 4.79 Å². The summed E-state index contributed by atoms with van der Waals surface area (Å²) in [6.07, 6.45) is 6.95. The molecule has 0 spiro atoms. The Kier molecular flexibility index (Phi) is 3.35. The number of carboxylic acid groups (broad SMARTS) is 1. The van der Waals surface area contributed by atoms with Crippen LogP contribution in [0.4, 0.5) is 4.79 Å². The Hall–Kier alpha value is -1.70. The second-order valence-corrected chi connectivity index (χ2v) is 3.18. The van der Waals surface area contributed by atoms with Crippen molar-refractivity contribution in [1.82, 2.24) is 10.2 Å². The standard InChI is InChI=1S/C9H12N2O3/c1-2-5-11(6-8(12)13)9(14)10-7-3-4-7/h1,7H,3-6H2,(H,10,14)(H,12,13). The highest BCUT2D eigenvalue weighted by molar-refractivity contribution is 5.80. The Morgan fingerprint density at radius 2 is 2.21 bits per heavy atom. The quantitative estimate of drug-likeness (QED) is 0.616. The number of urea groups is 1. The highest BCUT2D eigenvalue weighted by atomic mass is 16.4. The van der Waals surface area contributed by atoms with Crippen LogP contribution in [0.25, 0.3) is 0 Å². The highest BCUT2D eigenvalue weighted by Gasteiger charge is 2.26. The summed E-state index contributed by atoms with van der Waals surface area (Å²) in [5.41, 5.74) is 0. The molecule has 1 aliphatic rings. The number of amides is 2. The van der Waals surface area contributed by atoms with Gasteiger partial charge in [0.15, 0.2) is 0 Å². The van der Waals surface area contributed by atoms with Gasteiger partial charge >= 0.3 is 12.0 Å². The average Bonchev–Trinajstić information content (AvgIpc) is 2.86. The van der Waals surface area contributed by atoms with E-state index >= 15 is 0 Å². The van der Waals surface area contributed by atoms with E-state index < -0.39 is 12.0 Å². The minimum atomic E-state index is -1.06. The fraction of sp³-hybridized carbons (Fsp3) is 0.556. The summed E-state index contributed by atoms with van der Waals surface area (Å²) in [6, 6.07) is -0.190. The molecule has 0 radical (unpaired) electrons. The van der Waals surface area contributed by atoms with Gasteiger partial charge in [-0.05, 0) is 12.8 Å². The van der Waals surface area contributed by atoms with E-state index in [4.69, 9.17) is 11.5 Å². The van der Waals surface area contributed by atoms with Gasteiger partial charge in [0.2, 0.25) is 0 Å². The van der Waals surface area contributed by atoms with Gasteiger partial charge < -0.3 is 15.3 Å². The smallest absolute Gasteiger partial charge is 0.323 e. The van der Waals surface area contributed by atoms with E-state index in [1.54, 1.807) is 0 Å². The van der Waals surface area contributed by atoms with Gasteiger partial charge in [-0.2, -0.15) is 0 Å². The number of carbonyl (C=O) groups excluding carboxylic acids is 1. The Morgan fingerprint density at radius 1 is 1.57 bits per heavy atom. The lowest BCUT2D eigenvalue weighted by Gasteiger charge is -2.18. The summed E-state index contributed by atoms with van der Waals surface area (Å²) in [4.78, 5) is 22.9. The fourth-order valence-corrected chi connectivity index (χ4v) is 0.967. The molecular weight excluding hydrogens is 184 g/mol. The van der Waals surface area contributed by atoms with Crippen molar-refractivity contribution < 1.29 is 14.7 Å². The minimum Gasteiger partial charge on any atom is -0.480 e. The summed E-state index contributed by atoms with van der Waals surface area (Å²) < 4.78 is 0. The maximum absolute atomic E-state index is 11.4. The third kappa shape index (κ3) is 3.35. The molecular formula is C9H12N2O3. The Morgan fingerprint density at radius 3 is 2.64 bits per heavy atom. The summed E-state index contributed by atoms with van der Waals surface area (Å²) in [5.74, 6) is 1.19. The molecule has 2 amide bonds. The fourth-order valence-electron chi connectivity index (χ4n) is 0.967. The summed E-state index contributed by atoms with van der Waals surface area (Å²) in [7, 11) is 0. The molecule has 5 nitrogen and oxygen atoms in total. The largest absolute Gasteiger partial charge is 0.480 e. The van der Waals surface area contributed by atoms with Crippen LogP contribution < -0.4 is 5.32 Å². The van der Waals surface area contributed by atoms with Gasteiger partial charge in [0.05, 0.1) is 6.54 Å². The molecule has 5 heteroatoms. The van der Waals surface area contributed by atoms with E-state index in [1.807, 2.05) is 0 Å². The monoisotopic (exact) mass is 196 g/mol. The Labute approximate surface area is 82.1 Å². The Bertz CT molecular complexity index is 278. The number of carboxylic acids is 1. The van der Waals surface area contributed by atoms with Crippen molar-refractivity contribution in [3.63, 3.8) is 0 Å².